The first-order valence-corrected chi connectivity index (χ1v) is 8.24. The van der Waals surface area contributed by atoms with E-state index in [2.05, 4.69) is 0 Å². The molecule has 1 aromatic carbocycles. The summed E-state index contributed by atoms with van der Waals surface area (Å²) < 4.78 is 5.32. The average molecular weight is 333 g/mol. The van der Waals surface area contributed by atoms with Crippen LogP contribution in [0.25, 0.3) is 0 Å². The van der Waals surface area contributed by atoms with Crippen LogP contribution < -0.4 is 4.74 Å². The van der Waals surface area contributed by atoms with Crippen molar-refractivity contribution in [1.29, 1.82) is 0 Å². The second-order valence-corrected chi connectivity index (χ2v) is 5.93. The molecule has 1 unspecified atom stereocenters. The van der Waals surface area contributed by atoms with Crippen molar-refractivity contribution in [3.63, 3.8) is 0 Å². The zero-order valence-electron chi connectivity index (χ0n) is 14.0. The van der Waals surface area contributed by atoms with Crippen LogP contribution in [-0.4, -0.2) is 46.4 Å². The molecule has 24 heavy (non-hydrogen) atoms. The van der Waals surface area contributed by atoms with E-state index in [0.29, 0.717) is 17.9 Å². The third kappa shape index (κ3) is 4.57. The van der Waals surface area contributed by atoms with Gasteiger partial charge in [-0.2, -0.15) is 0 Å². The molecule has 6 heteroatoms. The summed E-state index contributed by atoms with van der Waals surface area (Å²) in [4.78, 5) is 37.1. The fourth-order valence-electron chi connectivity index (χ4n) is 2.61. The van der Waals surface area contributed by atoms with E-state index < -0.39 is 12.0 Å². The summed E-state index contributed by atoms with van der Waals surface area (Å²) in [5, 5.41) is 9.13. The Hall–Kier alpha value is -2.37. The second kappa shape index (κ2) is 7.95. The number of hydrogen-bond acceptors (Lipinski definition) is 4. The minimum absolute atomic E-state index is 0.00387. The number of aliphatic carboxylic acids is 1. The first-order chi connectivity index (χ1) is 11.4. The van der Waals surface area contributed by atoms with E-state index in [4.69, 9.17) is 9.84 Å². The minimum atomic E-state index is -1.02. The molecule has 1 amide bonds. The van der Waals surface area contributed by atoms with Gasteiger partial charge in [-0.3, -0.25) is 9.59 Å². The van der Waals surface area contributed by atoms with Gasteiger partial charge >= 0.3 is 5.97 Å². The summed E-state index contributed by atoms with van der Waals surface area (Å²) in [6, 6.07) is 5.95. The molecular weight excluding hydrogens is 310 g/mol. The average Bonchev–Trinajstić information content (AvgIpc) is 3.38. The maximum Gasteiger partial charge on any atom is 0.326 e. The Labute approximate surface area is 141 Å². The topological polar surface area (TPSA) is 83.9 Å². The number of carbonyl (C=O) groups excluding carboxylic acids is 2. The van der Waals surface area contributed by atoms with E-state index in [1.165, 1.54) is 11.8 Å². The van der Waals surface area contributed by atoms with E-state index in [0.717, 1.165) is 12.8 Å². The van der Waals surface area contributed by atoms with Crippen LogP contribution in [0.15, 0.2) is 24.3 Å². The quantitative estimate of drug-likeness (QED) is 0.702. The predicted molar refractivity (Wildman–Crippen MR) is 88.1 cm³/mol. The molecule has 1 aliphatic carbocycles. The molecule has 0 aromatic heterocycles. The molecule has 1 fully saturated rings. The summed E-state index contributed by atoms with van der Waals surface area (Å²) >= 11 is 0. The number of hydrogen-bond donors (Lipinski definition) is 1. The molecule has 0 radical (unpaired) electrons. The van der Waals surface area contributed by atoms with Gasteiger partial charge in [0, 0.05) is 24.4 Å². The lowest BCUT2D eigenvalue weighted by Crippen LogP contribution is -2.44. The number of rotatable bonds is 9. The summed E-state index contributed by atoms with van der Waals surface area (Å²) in [5.74, 6) is -0.731. The van der Waals surface area contributed by atoms with E-state index in [1.54, 1.807) is 24.3 Å². The number of carboxylic acid groups (broad SMARTS) is 1. The van der Waals surface area contributed by atoms with Crippen molar-refractivity contribution in [2.24, 2.45) is 0 Å². The number of benzene rings is 1. The highest BCUT2D eigenvalue weighted by Crippen LogP contribution is 2.29. The van der Waals surface area contributed by atoms with Gasteiger partial charge in [0.25, 0.3) is 0 Å². The van der Waals surface area contributed by atoms with Crippen molar-refractivity contribution in [2.75, 3.05) is 6.61 Å². The van der Waals surface area contributed by atoms with E-state index >= 15 is 0 Å². The molecule has 1 N–H and O–H groups in total. The van der Waals surface area contributed by atoms with Crippen LogP contribution in [-0.2, 0) is 9.59 Å². The standard InChI is InChI=1S/C18H23NO5/c1-3-24-15-8-4-13(5-9-15)16(20)10-11-17(21)19(14-6-7-14)12(2)18(22)23/h4-5,8-9,12,14H,3,6-7,10-11H2,1-2H3,(H,22,23). The molecule has 130 valence electrons. The molecule has 0 saturated heterocycles. The van der Waals surface area contributed by atoms with Crippen LogP contribution in [0.3, 0.4) is 0 Å². The normalized spacial score (nSPS) is 14.8. The number of carboxylic acids is 1. The van der Waals surface area contributed by atoms with Crippen molar-refractivity contribution in [3.8, 4) is 5.75 Å². The first-order valence-electron chi connectivity index (χ1n) is 8.24. The van der Waals surface area contributed by atoms with Crippen LogP contribution in [0.5, 0.6) is 5.75 Å². The molecule has 0 bridgehead atoms. The van der Waals surface area contributed by atoms with Crippen LogP contribution in [0, 0.1) is 0 Å². The third-order valence-corrected chi connectivity index (χ3v) is 4.06. The van der Waals surface area contributed by atoms with Gasteiger partial charge in [0.15, 0.2) is 5.78 Å². The van der Waals surface area contributed by atoms with E-state index in [1.807, 2.05) is 6.92 Å². The van der Waals surface area contributed by atoms with Crippen molar-refractivity contribution >= 4 is 17.7 Å². The van der Waals surface area contributed by atoms with Crippen molar-refractivity contribution in [3.05, 3.63) is 29.8 Å². The number of carbonyl (C=O) groups is 3. The highest BCUT2D eigenvalue weighted by atomic mass is 16.5. The SMILES string of the molecule is CCOc1ccc(C(=O)CCC(=O)N(C2CC2)C(C)C(=O)O)cc1. The number of ether oxygens (including phenoxy) is 1. The lowest BCUT2D eigenvalue weighted by Gasteiger charge is -2.26. The predicted octanol–water partition coefficient (Wildman–Crippen LogP) is 2.51. The molecule has 1 aliphatic rings. The van der Waals surface area contributed by atoms with Gasteiger partial charge in [-0.05, 0) is 51.0 Å². The first kappa shape index (κ1) is 18.0. The molecule has 1 atom stereocenters. The zero-order chi connectivity index (χ0) is 17.7. The van der Waals surface area contributed by atoms with Crippen molar-refractivity contribution in [2.45, 2.75) is 51.6 Å². The van der Waals surface area contributed by atoms with Crippen LogP contribution in [0.2, 0.25) is 0 Å². The Kier molecular flexibility index (Phi) is 5.95. The summed E-state index contributed by atoms with van der Waals surface area (Å²) in [6.07, 6.45) is 1.76. The monoisotopic (exact) mass is 333 g/mol. The number of amides is 1. The molecule has 1 aromatic rings. The molecule has 6 nitrogen and oxygen atoms in total. The highest BCUT2D eigenvalue weighted by molar-refractivity contribution is 5.98. The van der Waals surface area contributed by atoms with Crippen molar-refractivity contribution < 1.29 is 24.2 Å². The van der Waals surface area contributed by atoms with Gasteiger partial charge in [-0.15, -0.1) is 0 Å². The smallest absolute Gasteiger partial charge is 0.326 e. The fourth-order valence-corrected chi connectivity index (χ4v) is 2.61. The Morgan fingerprint density at radius 1 is 1.21 bits per heavy atom. The Bertz CT molecular complexity index is 606. The largest absolute Gasteiger partial charge is 0.494 e. The summed E-state index contributed by atoms with van der Waals surface area (Å²) in [5.41, 5.74) is 0.524. The molecule has 0 spiro atoms. The molecule has 0 aliphatic heterocycles. The fraction of sp³-hybridized carbons (Fsp3) is 0.500. The molecular formula is C18H23NO5. The van der Waals surface area contributed by atoms with Gasteiger partial charge in [-0.25, -0.2) is 4.79 Å². The number of ketones is 1. The van der Waals surface area contributed by atoms with Gasteiger partial charge in [0.2, 0.25) is 5.91 Å². The third-order valence-electron chi connectivity index (χ3n) is 4.06. The van der Waals surface area contributed by atoms with E-state index in [-0.39, 0.29) is 30.6 Å². The molecule has 2 rings (SSSR count). The lowest BCUT2D eigenvalue weighted by molar-refractivity contribution is -0.150. The Balaban J connectivity index is 1.92. The Morgan fingerprint density at radius 3 is 2.33 bits per heavy atom. The van der Waals surface area contributed by atoms with Gasteiger partial charge in [0.05, 0.1) is 6.61 Å². The van der Waals surface area contributed by atoms with Crippen LogP contribution >= 0.6 is 0 Å². The molecule has 0 heterocycles. The molecule has 1 saturated carbocycles. The number of nitrogens with zero attached hydrogens (tertiary/aromatic N) is 1. The maximum absolute atomic E-state index is 12.3. The second-order valence-electron chi connectivity index (χ2n) is 5.93. The minimum Gasteiger partial charge on any atom is -0.494 e. The maximum atomic E-state index is 12.3. The number of Topliss-reactive ketones (excluding diaryl/α,β-unsaturated/α-hetero) is 1. The Morgan fingerprint density at radius 2 is 1.83 bits per heavy atom. The lowest BCUT2D eigenvalue weighted by atomic mass is 10.1. The highest BCUT2D eigenvalue weighted by Gasteiger charge is 2.38. The summed E-state index contributed by atoms with van der Waals surface area (Å²) in [7, 11) is 0. The van der Waals surface area contributed by atoms with Crippen LogP contribution in [0.1, 0.15) is 49.9 Å². The van der Waals surface area contributed by atoms with E-state index in [9.17, 15) is 14.4 Å². The van der Waals surface area contributed by atoms with Gasteiger partial charge in [0.1, 0.15) is 11.8 Å². The summed E-state index contributed by atoms with van der Waals surface area (Å²) in [6.45, 7) is 3.95. The van der Waals surface area contributed by atoms with Crippen LogP contribution in [0.4, 0.5) is 0 Å². The van der Waals surface area contributed by atoms with Gasteiger partial charge < -0.3 is 14.7 Å². The van der Waals surface area contributed by atoms with Crippen molar-refractivity contribution in [1.82, 2.24) is 4.90 Å². The van der Waals surface area contributed by atoms with Gasteiger partial charge in [-0.1, -0.05) is 0 Å². The zero-order valence-corrected chi connectivity index (χ0v) is 14.0.